The first kappa shape index (κ1) is 33.8. The van der Waals surface area contributed by atoms with Gasteiger partial charge in [0.15, 0.2) is 0 Å². The number of amides is 2. The molecule has 0 spiro atoms. The Morgan fingerprint density at radius 2 is 1.18 bits per heavy atom. The zero-order chi connectivity index (χ0) is 35.7. The van der Waals surface area contributed by atoms with Crippen LogP contribution in [0.25, 0.3) is 22.1 Å². The number of ether oxygens (including phenoxy) is 1. The van der Waals surface area contributed by atoms with Crippen LogP contribution in [-0.4, -0.2) is 62.7 Å². The monoisotopic (exact) mass is 676 g/mol. The highest BCUT2D eigenvalue weighted by Crippen LogP contribution is 2.17. The number of fused-ring (bicyclic) bond motifs is 2. The van der Waals surface area contributed by atoms with E-state index in [2.05, 4.69) is 20.2 Å². The standard InChI is InChI=1S/C36H40N10O4/c1-8-45-30(20-23(3)39-45)32(47)37-35-41(5)26-14-10-11-15-27(26)43(35)18-12-13-19-44-28-17-16-25(34(49)50-7)22-29(28)42(6)36(44)38-33(48)31-21-24(4)40-46(31)9-2/h10-17,20-22H,8-9,18-19H2,1-7H3/b13-12+,37-35?,38-36?. The molecule has 14 nitrogen and oxygen atoms in total. The lowest BCUT2D eigenvalue weighted by Crippen LogP contribution is -2.27. The number of allylic oxidation sites excluding steroid dienone is 2. The van der Waals surface area contributed by atoms with Gasteiger partial charge in [-0.25, -0.2) is 4.79 Å². The summed E-state index contributed by atoms with van der Waals surface area (Å²) in [6.07, 6.45) is 3.97. The van der Waals surface area contributed by atoms with Crippen LogP contribution in [0.5, 0.6) is 0 Å². The predicted molar refractivity (Wildman–Crippen MR) is 187 cm³/mol. The van der Waals surface area contributed by atoms with Gasteiger partial charge >= 0.3 is 5.97 Å². The summed E-state index contributed by atoms with van der Waals surface area (Å²) in [5, 5.41) is 8.82. The van der Waals surface area contributed by atoms with E-state index in [9.17, 15) is 14.4 Å². The lowest BCUT2D eigenvalue weighted by Gasteiger charge is -2.04. The van der Waals surface area contributed by atoms with Crippen molar-refractivity contribution < 1.29 is 19.1 Å². The average Bonchev–Trinajstić information content (AvgIpc) is 3.84. The Morgan fingerprint density at radius 1 is 0.700 bits per heavy atom. The van der Waals surface area contributed by atoms with Gasteiger partial charge in [-0.1, -0.05) is 24.3 Å². The van der Waals surface area contributed by atoms with Crippen LogP contribution < -0.4 is 11.2 Å². The highest BCUT2D eigenvalue weighted by molar-refractivity contribution is 5.95. The van der Waals surface area contributed by atoms with Crippen LogP contribution in [0.3, 0.4) is 0 Å². The number of esters is 1. The van der Waals surface area contributed by atoms with Crippen molar-refractivity contribution in [2.45, 2.75) is 53.9 Å². The minimum atomic E-state index is -0.461. The Balaban J connectivity index is 1.41. The lowest BCUT2D eigenvalue weighted by molar-refractivity contribution is 0.0600. The maximum atomic E-state index is 13.5. The Bertz CT molecular complexity index is 2460. The first-order valence-electron chi connectivity index (χ1n) is 16.4. The van der Waals surface area contributed by atoms with E-state index in [1.165, 1.54) is 7.11 Å². The maximum Gasteiger partial charge on any atom is 0.337 e. The number of hydrogen-bond donors (Lipinski definition) is 0. The van der Waals surface area contributed by atoms with Crippen molar-refractivity contribution in [1.29, 1.82) is 0 Å². The topological polar surface area (TPSA) is 141 Å². The largest absolute Gasteiger partial charge is 0.465 e. The number of carbonyl (C=O) groups excluding carboxylic acids is 3. The highest BCUT2D eigenvalue weighted by Gasteiger charge is 2.18. The van der Waals surface area contributed by atoms with E-state index in [0.29, 0.717) is 59.9 Å². The molecule has 14 heteroatoms. The van der Waals surface area contributed by atoms with Crippen molar-refractivity contribution in [3.8, 4) is 0 Å². The summed E-state index contributed by atoms with van der Waals surface area (Å²) < 4.78 is 15.8. The van der Waals surface area contributed by atoms with Crippen molar-refractivity contribution in [2.24, 2.45) is 24.1 Å². The zero-order valence-corrected chi connectivity index (χ0v) is 29.3. The number of aromatic nitrogens is 8. The summed E-state index contributed by atoms with van der Waals surface area (Å²) in [5.74, 6) is -1.26. The molecule has 6 rings (SSSR count). The fourth-order valence-electron chi connectivity index (χ4n) is 6.24. The fraction of sp³-hybridized carbons (Fsp3) is 0.306. The Hall–Kier alpha value is -6.05. The second-order valence-corrected chi connectivity index (χ2v) is 11.9. The molecule has 2 amide bonds. The average molecular weight is 677 g/mol. The van der Waals surface area contributed by atoms with Crippen LogP contribution in [0.2, 0.25) is 0 Å². The van der Waals surface area contributed by atoms with Crippen LogP contribution in [0, 0.1) is 13.8 Å². The molecule has 0 fully saturated rings. The van der Waals surface area contributed by atoms with E-state index in [1.807, 2.05) is 90.9 Å². The number of carbonyl (C=O) groups is 3. The summed E-state index contributed by atoms with van der Waals surface area (Å²) in [4.78, 5) is 48.5. The van der Waals surface area contributed by atoms with E-state index in [0.717, 1.165) is 27.9 Å². The molecule has 4 heterocycles. The smallest absolute Gasteiger partial charge is 0.337 e. The minimum absolute atomic E-state index is 0.360. The van der Waals surface area contributed by atoms with Gasteiger partial charge in [0, 0.05) is 40.3 Å². The van der Waals surface area contributed by atoms with Gasteiger partial charge in [-0.2, -0.15) is 20.2 Å². The van der Waals surface area contributed by atoms with Gasteiger partial charge in [0.2, 0.25) is 11.2 Å². The van der Waals surface area contributed by atoms with Gasteiger partial charge in [0.25, 0.3) is 11.8 Å². The zero-order valence-electron chi connectivity index (χ0n) is 29.3. The number of methoxy groups -OCH3 is 1. The number of para-hydroxylation sites is 2. The van der Waals surface area contributed by atoms with E-state index < -0.39 is 11.9 Å². The van der Waals surface area contributed by atoms with Crippen molar-refractivity contribution in [3.05, 3.63) is 106 Å². The lowest BCUT2D eigenvalue weighted by atomic mass is 10.2. The summed E-state index contributed by atoms with van der Waals surface area (Å²) in [6.45, 7) is 9.40. The van der Waals surface area contributed by atoms with Crippen LogP contribution >= 0.6 is 0 Å². The quantitative estimate of drug-likeness (QED) is 0.168. The van der Waals surface area contributed by atoms with Gasteiger partial charge in [0.1, 0.15) is 11.4 Å². The predicted octanol–water partition coefficient (Wildman–Crippen LogP) is 3.85. The van der Waals surface area contributed by atoms with Crippen LogP contribution in [0.1, 0.15) is 56.6 Å². The molecular weight excluding hydrogens is 636 g/mol. The molecule has 0 aliphatic carbocycles. The van der Waals surface area contributed by atoms with E-state index >= 15 is 0 Å². The molecule has 6 aromatic rings. The molecule has 0 saturated carbocycles. The molecule has 2 aromatic carbocycles. The third kappa shape index (κ3) is 6.15. The van der Waals surface area contributed by atoms with E-state index in [1.54, 1.807) is 45.2 Å². The van der Waals surface area contributed by atoms with E-state index in [4.69, 9.17) is 4.74 Å². The van der Waals surface area contributed by atoms with Gasteiger partial charge in [0.05, 0.1) is 46.1 Å². The molecule has 0 bridgehead atoms. The van der Waals surface area contributed by atoms with Gasteiger partial charge < -0.3 is 23.0 Å². The van der Waals surface area contributed by atoms with Crippen molar-refractivity contribution in [1.82, 2.24) is 37.8 Å². The third-order valence-corrected chi connectivity index (χ3v) is 8.65. The van der Waals surface area contributed by atoms with Crippen LogP contribution in [0.4, 0.5) is 0 Å². The molecule has 0 atom stereocenters. The number of benzene rings is 2. The third-order valence-electron chi connectivity index (χ3n) is 8.65. The summed E-state index contributed by atoms with van der Waals surface area (Å²) >= 11 is 0. The van der Waals surface area contributed by atoms with Gasteiger partial charge in [-0.05, 0) is 70.2 Å². The molecule has 0 N–H and O–H groups in total. The van der Waals surface area contributed by atoms with Crippen molar-refractivity contribution in [3.63, 3.8) is 0 Å². The molecule has 258 valence electrons. The summed E-state index contributed by atoms with van der Waals surface area (Å²) in [7, 11) is 5.04. The Labute approximate surface area is 287 Å². The number of nitrogens with zero attached hydrogens (tertiary/aromatic N) is 10. The first-order chi connectivity index (χ1) is 24.1. The number of aryl methyl sites for hydroxylation is 6. The molecule has 0 aliphatic rings. The Morgan fingerprint density at radius 3 is 1.68 bits per heavy atom. The van der Waals surface area contributed by atoms with Crippen LogP contribution in [0.15, 0.2) is 76.7 Å². The second kappa shape index (κ2) is 13.8. The summed E-state index contributed by atoms with van der Waals surface area (Å²) in [5.41, 5.74) is 6.93. The first-order valence-corrected chi connectivity index (χ1v) is 16.4. The molecular formula is C36H40N10O4. The fourth-order valence-corrected chi connectivity index (χ4v) is 6.24. The molecule has 4 aromatic heterocycles. The van der Waals surface area contributed by atoms with Gasteiger partial charge in [-0.15, -0.1) is 0 Å². The van der Waals surface area contributed by atoms with Gasteiger partial charge in [-0.3, -0.25) is 19.0 Å². The normalized spacial score (nSPS) is 12.6. The van der Waals surface area contributed by atoms with E-state index in [-0.39, 0.29) is 5.91 Å². The number of imidazole rings is 2. The molecule has 0 aliphatic heterocycles. The molecule has 0 saturated heterocycles. The maximum absolute atomic E-state index is 13.5. The molecule has 0 radical (unpaired) electrons. The van der Waals surface area contributed by atoms with Crippen LogP contribution in [-0.2, 0) is 45.0 Å². The SMILES string of the molecule is CCn1nc(C)cc1C(=O)N=c1n(C)c2ccccc2n1C/C=C/Cn1c(=NC(=O)c2cc(C)nn2CC)n(C)c2cc(C(=O)OC)ccc21. The molecule has 0 unspecified atom stereocenters. The summed E-state index contributed by atoms with van der Waals surface area (Å²) in [6, 6.07) is 16.6. The molecule has 50 heavy (non-hydrogen) atoms. The highest BCUT2D eigenvalue weighted by atomic mass is 16.5. The Kier molecular flexibility index (Phi) is 9.35. The number of rotatable bonds is 9. The number of hydrogen-bond acceptors (Lipinski definition) is 6. The second-order valence-electron chi connectivity index (χ2n) is 11.9. The van der Waals surface area contributed by atoms with Crippen molar-refractivity contribution in [2.75, 3.05) is 7.11 Å². The minimum Gasteiger partial charge on any atom is -0.465 e. The van der Waals surface area contributed by atoms with Crippen molar-refractivity contribution >= 4 is 39.9 Å².